The number of amides is 1. The minimum atomic E-state index is -3.79. The third-order valence-corrected chi connectivity index (χ3v) is 4.94. The van der Waals surface area contributed by atoms with Crippen molar-refractivity contribution in [2.45, 2.75) is 11.4 Å². The van der Waals surface area contributed by atoms with Gasteiger partial charge in [-0.25, -0.2) is 13.1 Å². The number of carbonyl (C=O) groups is 1. The van der Waals surface area contributed by atoms with E-state index in [1.807, 2.05) is 0 Å². The maximum absolute atomic E-state index is 12.4. The molecule has 128 valence electrons. The second-order valence-electron chi connectivity index (χ2n) is 4.90. The molecule has 0 saturated heterocycles. The zero-order valence-electron chi connectivity index (χ0n) is 13.2. The smallest absolute Gasteiger partial charge is 0.254 e. The Kier molecular flexibility index (Phi) is 5.82. The minimum Gasteiger partial charge on any atom is -0.496 e. The molecule has 0 atom stereocenters. The van der Waals surface area contributed by atoms with E-state index in [9.17, 15) is 13.2 Å². The molecular formula is C16H17ClN2O4S. The molecule has 0 aromatic heterocycles. The molecule has 0 saturated carbocycles. The van der Waals surface area contributed by atoms with E-state index in [1.165, 1.54) is 32.4 Å². The molecule has 0 spiro atoms. The molecule has 0 fully saturated rings. The summed E-state index contributed by atoms with van der Waals surface area (Å²) in [6, 6.07) is 11.0. The van der Waals surface area contributed by atoms with Crippen LogP contribution < -0.4 is 14.8 Å². The Morgan fingerprint density at radius 1 is 1.21 bits per heavy atom. The van der Waals surface area contributed by atoms with Crippen LogP contribution >= 0.6 is 11.6 Å². The highest BCUT2D eigenvalue weighted by atomic mass is 35.5. The van der Waals surface area contributed by atoms with Crippen molar-refractivity contribution in [3.63, 3.8) is 0 Å². The van der Waals surface area contributed by atoms with Crippen molar-refractivity contribution in [3.8, 4) is 5.75 Å². The van der Waals surface area contributed by atoms with Crippen molar-refractivity contribution >= 4 is 27.5 Å². The SMILES string of the molecule is CNC(=O)c1cc(S(=O)(=O)NCc2cccc(Cl)c2)ccc1OC. The first-order chi connectivity index (χ1) is 11.4. The molecule has 24 heavy (non-hydrogen) atoms. The molecule has 0 aliphatic heterocycles. The lowest BCUT2D eigenvalue weighted by Gasteiger charge is -2.11. The molecule has 6 nitrogen and oxygen atoms in total. The quantitative estimate of drug-likeness (QED) is 0.818. The molecular weight excluding hydrogens is 352 g/mol. The van der Waals surface area contributed by atoms with Crippen LogP contribution in [0.15, 0.2) is 47.4 Å². The van der Waals surface area contributed by atoms with Gasteiger partial charge in [0, 0.05) is 18.6 Å². The summed E-state index contributed by atoms with van der Waals surface area (Å²) in [7, 11) is -0.920. The molecule has 2 rings (SSSR count). The average Bonchev–Trinajstić information content (AvgIpc) is 2.59. The van der Waals surface area contributed by atoms with Crippen LogP contribution in [0.5, 0.6) is 5.75 Å². The van der Waals surface area contributed by atoms with Crippen LogP contribution in [0.25, 0.3) is 0 Å². The number of sulfonamides is 1. The first-order valence-corrected chi connectivity index (χ1v) is 8.87. The van der Waals surface area contributed by atoms with Gasteiger partial charge in [0.05, 0.1) is 17.6 Å². The third-order valence-electron chi connectivity index (χ3n) is 3.31. The molecule has 2 aromatic rings. The van der Waals surface area contributed by atoms with E-state index in [-0.39, 0.29) is 17.0 Å². The second kappa shape index (κ2) is 7.65. The van der Waals surface area contributed by atoms with Crippen molar-refractivity contribution in [1.82, 2.24) is 10.0 Å². The van der Waals surface area contributed by atoms with E-state index in [4.69, 9.17) is 16.3 Å². The lowest BCUT2D eigenvalue weighted by molar-refractivity contribution is 0.0960. The number of carbonyl (C=O) groups excluding carboxylic acids is 1. The molecule has 2 aromatic carbocycles. The number of hydrogen-bond acceptors (Lipinski definition) is 4. The summed E-state index contributed by atoms with van der Waals surface area (Å²) in [5, 5.41) is 2.98. The molecule has 1 amide bonds. The van der Waals surface area contributed by atoms with E-state index in [0.717, 1.165) is 5.56 Å². The lowest BCUT2D eigenvalue weighted by atomic mass is 10.2. The van der Waals surface area contributed by atoms with Gasteiger partial charge in [-0.1, -0.05) is 23.7 Å². The molecule has 8 heteroatoms. The Bertz CT molecular complexity index is 853. The van der Waals surface area contributed by atoms with Crippen molar-refractivity contribution < 1.29 is 17.9 Å². The summed E-state index contributed by atoms with van der Waals surface area (Å²) in [5.74, 6) is -0.137. The number of benzene rings is 2. The lowest BCUT2D eigenvalue weighted by Crippen LogP contribution is -2.24. The van der Waals surface area contributed by atoms with E-state index in [1.54, 1.807) is 24.3 Å². The summed E-state index contributed by atoms with van der Waals surface area (Å²) in [5.41, 5.74) is 0.872. The number of ether oxygens (including phenoxy) is 1. The normalized spacial score (nSPS) is 11.1. The monoisotopic (exact) mass is 368 g/mol. The zero-order chi connectivity index (χ0) is 17.7. The first-order valence-electron chi connectivity index (χ1n) is 7.01. The Balaban J connectivity index is 2.27. The Labute approximate surface area is 145 Å². The van der Waals surface area contributed by atoms with E-state index < -0.39 is 15.9 Å². The van der Waals surface area contributed by atoms with Crippen LogP contribution in [0.3, 0.4) is 0 Å². The summed E-state index contributed by atoms with van der Waals surface area (Å²) >= 11 is 5.88. The number of methoxy groups -OCH3 is 1. The fourth-order valence-electron chi connectivity index (χ4n) is 2.07. The fraction of sp³-hybridized carbons (Fsp3) is 0.188. The Morgan fingerprint density at radius 2 is 1.96 bits per heavy atom. The van der Waals surface area contributed by atoms with Crippen molar-refractivity contribution in [2.24, 2.45) is 0 Å². The van der Waals surface area contributed by atoms with Gasteiger partial charge < -0.3 is 10.1 Å². The van der Waals surface area contributed by atoms with Crippen LogP contribution in [0.4, 0.5) is 0 Å². The maximum Gasteiger partial charge on any atom is 0.254 e. The molecule has 0 radical (unpaired) electrons. The molecule has 2 N–H and O–H groups in total. The van der Waals surface area contributed by atoms with Gasteiger partial charge in [0.15, 0.2) is 0 Å². The number of halogens is 1. The van der Waals surface area contributed by atoms with Gasteiger partial charge in [-0.3, -0.25) is 4.79 Å². The zero-order valence-corrected chi connectivity index (χ0v) is 14.7. The summed E-state index contributed by atoms with van der Waals surface area (Å²) in [6.07, 6.45) is 0. The molecule has 0 unspecified atom stereocenters. The van der Waals surface area contributed by atoms with Crippen LogP contribution in [-0.2, 0) is 16.6 Å². The van der Waals surface area contributed by atoms with Gasteiger partial charge in [0.25, 0.3) is 5.91 Å². The van der Waals surface area contributed by atoms with Crippen molar-refractivity contribution in [3.05, 3.63) is 58.6 Å². The van der Waals surface area contributed by atoms with Gasteiger partial charge in [0.2, 0.25) is 10.0 Å². The predicted octanol–water partition coefficient (Wildman–Crippen LogP) is 2.19. The largest absolute Gasteiger partial charge is 0.496 e. The van der Waals surface area contributed by atoms with Crippen LogP contribution in [0, 0.1) is 0 Å². The summed E-state index contributed by atoms with van der Waals surface area (Å²) < 4.78 is 32.4. The minimum absolute atomic E-state index is 0.0241. The van der Waals surface area contributed by atoms with Crippen LogP contribution in [-0.4, -0.2) is 28.5 Å². The number of rotatable bonds is 6. The van der Waals surface area contributed by atoms with E-state index in [0.29, 0.717) is 10.8 Å². The van der Waals surface area contributed by atoms with E-state index in [2.05, 4.69) is 10.0 Å². The first kappa shape index (κ1) is 18.3. The van der Waals surface area contributed by atoms with Gasteiger partial charge in [-0.05, 0) is 35.9 Å². The van der Waals surface area contributed by atoms with Crippen molar-refractivity contribution in [1.29, 1.82) is 0 Å². The van der Waals surface area contributed by atoms with Gasteiger partial charge in [-0.15, -0.1) is 0 Å². The Morgan fingerprint density at radius 3 is 2.58 bits per heavy atom. The van der Waals surface area contributed by atoms with Crippen LogP contribution in [0.1, 0.15) is 15.9 Å². The Hall–Kier alpha value is -2.09. The van der Waals surface area contributed by atoms with Crippen molar-refractivity contribution in [2.75, 3.05) is 14.2 Å². The highest BCUT2D eigenvalue weighted by Crippen LogP contribution is 2.22. The number of hydrogen-bond donors (Lipinski definition) is 2. The maximum atomic E-state index is 12.4. The molecule has 0 heterocycles. The summed E-state index contributed by atoms with van der Waals surface area (Å²) in [6.45, 7) is 0.0875. The fourth-order valence-corrected chi connectivity index (χ4v) is 3.33. The van der Waals surface area contributed by atoms with Gasteiger partial charge in [0.1, 0.15) is 5.75 Å². The van der Waals surface area contributed by atoms with Gasteiger partial charge >= 0.3 is 0 Å². The molecule has 0 aliphatic carbocycles. The second-order valence-corrected chi connectivity index (χ2v) is 7.10. The van der Waals surface area contributed by atoms with Gasteiger partial charge in [-0.2, -0.15) is 0 Å². The van der Waals surface area contributed by atoms with Crippen LogP contribution in [0.2, 0.25) is 5.02 Å². The molecule has 0 bridgehead atoms. The third kappa shape index (κ3) is 4.25. The molecule has 0 aliphatic rings. The summed E-state index contributed by atoms with van der Waals surface area (Å²) in [4.78, 5) is 11.8. The topological polar surface area (TPSA) is 84.5 Å². The predicted molar refractivity (Wildman–Crippen MR) is 91.9 cm³/mol. The highest BCUT2D eigenvalue weighted by Gasteiger charge is 2.19. The van der Waals surface area contributed by atoms with E-state index >= 15 is 0 Å². The number of nitrogens with one attached hydrogen (secondary N) is 2. The standard InChI is InChI=1S/C16H17ClN2O4S/c1-18-16(20)14-9-13(6-7-15(14)23-2)24(21,22)19-10-11-4-3-5-12(17)8-11/h3-9,19H,10H2,1-2H3,(H,18,20). The average molecular weight is 369 g/mol. The highest BCUT2D eigenvalue weighted by molar-refractivity contribution is 7.89.